The average molecular weight is 500 g/mol. The summed E-state index contributed by atoms with van der Waals surface area (Å²) in [5.41, 5.74) is 2.92. The smallest absolute Gasteiger partial charge is 0.243 e. The zero-order valence-corrected chi connectivity index (χ0v) is 21.3. The molecule has 2 heterocycles. The van der Waals surface area contributed by atoms with Gasteiger partial charge in [-0.2, -0.15) is 4.31 Å². The van der Waals surface area contributed by atoms with E-state index in [4.69, 9.17) is 0 Å². The summed E-state index contributed by atoms with van der Waals surface area (Å²) in [7, 11) is -1.67. The van der Waals surface area contributed by atoms with Gasteiger partial charge in [0.05, 0.1) is 10.6 Å². The van der Waals surface area contributed by atoms with Crippen LogP contribution in [-0.4, -0.2) is 70.2 Å². The predicted octanol–water partition coefficient (Wildman–Crippen LogP) is 2.65. The number of carbonyl (C=O) groups excluding carboxylic acids is 1. The highest BCUT2D eigenvalue weighted by Crippen LogP contribution is 2.23. The SMILES string of the molecule is Cc1ccc(S(=O)(=O)N2CCN(C(=O)CSc3nnc(Cc4ccccc4)n3C)CC2)c(C)c1. The molecule has 8 nitrogen and oxygen atoms in total. The van der Waals surface area contributed by atoms with Crippen LogP contribution in [0.1, 0.15) is 22.5 Å². The van der Waals surface area contributed by atoms with Gasteiger partial charge in [0.15, 0.2) is 5.16 Å². The summed E-state index contributed by atoms with van der Waals surface area (Å²) in [6.07, 6.45) is 0.676. The van der Waals surface area contributed by atoms with Crippen LogP contribution in [0.3, 0.4) is 0 Å². The van der Waals surface area contributed by atoms with Crippen molar-refractivity contribution < 1.29 is 13.2 Å². The standard InChI is InChI=1S/C24H29N5O3S2/c1-18-9-10-21(19(2)15-18)34(31,32)29-13-11-28(12-14-29)23(30)17-33-24-26-25-22(27(24)3)16-20-7-5-4-6-8-20/h4-10,15H,11-14,16-17H2,1-3H3. The molecule has 180 valence electrons. The highest BCUT2D eigenvalue weighted by Gasteiger charge is 2.31. The molecule has 1 saturated heterocycles. The van der Waals surface area contributed by atoms with Gasteiger partial charge in [-0.15, -0.1) is 10.2 Å². The van der Waals surface area contributed by atoms with Crippen molar-refractivity contribution in [3.63, 3.8) is 0 Å². The van der Waals surface area contributed by atoms with Gasteiger partial charge in [-0.05, 0) is 31.0 Å². The molecule has 2 aromatic carbocycles. The fourth-order valence-electron chi connectivity index (χ4n) is 4.03. The Labute approximate surface area is 205 Å². The molecule has 0 saturated carbocycles. The van der Waals surface area contributed by atoms with Crippen molar-refractivity contribution in [2.75, 3.05) is 31.9 Å². The third-order valence-corrected chi connectivity index (χ3v) is 9.06. The van der Waals surface area contributed by atoms with Crippen LogP contribution in [0.5, 0.6) is 0 Å². The number of hydrogen-bond acceptors (Lipinski definition) is 6. The van der Waals surface area contributed by atoms with Gasteiger partial charge in [-0.1, -0.05) is 59.8 Å². The minimum atomic E-state index is -3.57. The summed E-state index contributed by atoms with van der Waals surface area (Å²) >= 11 is 1.35. The minimum Gasteiger partial charge on any atom is -0.339 e. The van der Waals surface area contributed by atoms with Gasteiger partial charge in [-0.3, -0.25) is 4.79 Å². The monoisotopic (exact) mass is 499 g/mol. The van der Waals surface area contributed by atoms with Gasteiger partial charge < -0.3 is 9.47 Å². The van der Waals surface area contributed by atoms with E-state index in [-0.39, 0.29) is 24.7 Å². The van der Waals surface area contributed by atoms with Crippen LogP contribution in [0.15, 0.2) is 58.6 Å². The number of piperazine rings is 1. The molecule has 0 N–H and O–H groups in total. The van der Waals surface area contributed by atoms with Crippen LogP contribution in [0, 0.1) is 13.8 Å². The fraction of sp³-hybridized carbons (Fsp3) is 0.375. The van der Waals surface area contributed by atoms with E-state index < -0.39 is 10.0 Å². The highest BCUT2D eigenvalue weighted by molar-refractivity contribution is 7.99. The van der Waals surface area contributed by atoms with Gasteiger partial charge >= 0.3 is 0 Å². The molecule has 1 aliphatic rings. The summed E-state index contributed by atoms with van der Waals surface area (Å²) in [5.74, 6) is 1.05. The minimum absolute atomic E-state index is 0.0267. The predicted molar refractivity (Wildman–Crippen MR) is 132 cm³/mol. The highest BCUT2D eigenvalue weighted by atomic mass is 32.2. The Kier molecular flexibility index (Phi) is 7.39. The lowest BCUT2D eigenvalue weighted by atomic mass is 10.1. The summed E-state index contributed by atoms with van der Waals surface area (Å²) < 4.78 is 29.5. The number of amides is 1. The molecule has 0 radical (unpaired) electrons. The van der Waals surface area contributed by atoms with Crippen molar-refractivity contribution in [3.8, 4) is 0 Å². The number of hydrogen-bond donors (Lipinski definition) is 0. The Bertz CT molecular complexity index is 1270. The second-order valence-corrected chi connectivity index (χ2v) is 11.3. The lowest BCUT2D eigenvalue weighted by Crippen LogP contribution is -2.51. The molecule has 4 rings (SSSR count). The van der Waals surface area contributed by atoms with Crippen LogP contribution in [-0.2, 0) is 28.3 Å². The largest absolute Gasteiger partial charge is 0.339 e. The first-order valence-electron chi connectivity index (χ1n) is 11.2. The molecule has 0 spiro atoms. The van der Waals surface area contributed by atoms with Crippen molar-refractivity contribution in [2.45, 2.75) is 30.3 Å². The van der Waals surface area contributed by atoms with E-state index in [1.165, 1.54) is 16.1 Å². The van der Waals surface area contributed by atoms with E-state index in [0.717, 1.165) is 22.5 Å². The van der Waals surface area contributed by atoms with Crippen LogP contribution in [0.25, 0.3) is 0 Å². The van der Waals surface area contributed by atoms with Crippen LogP contribution < -0.4 is 0 Å². The maximum absolute atomic E-state index is 13.1. The number of benzene rings is 2. The number of nitrogens with zero attached hydrogens (tertiary/aromatic N) is 5. The van der Waals surface area contributed by atoms with Gasteiger partial charge in [0, 0.05) is 39.6 Å². The number of rotatable bonds is 7. The van der Waals surface area contributed by atoms with E-state index >= 15 is 0 Å². The van der Waals surface area contributed by atoms with E-state index in [2.05, 4.69) is 10.2 Å². The Balaban J connectivity index is 1.31. The molecular formula is C24H29N5O3S2. The zero-order valence-electron chi connectivity index (χ0n) is 19.6. The number of carbonyl (C=O) groups is 1. The summed E-state index contributed by atoms with van der Waals surface area (Å²) in [5, 5.41) is 9.20. The Morgan fingerprint density at radius 1 is 1.00 bits per heavy atom. The Morgan fingerprint density at radius 3 is 2.38 bits per heavy atom. The molecule has 1 aromatic heterocycles. The second-order valence-electron chi connectivity index (χ2n) is 8.46. The molecule has 0 atom stereocenters. The molecule has 10 heteroatoms. The van der Waals surface area contributed by atoms with Gasteiger partial charge in [0.25, 0.3) is 0 Å². The number of thioether (sulfide) groups is 1. The molecule has 0 aliphatic carbocycles. The summed E-state index contributed by atoms with van der Waals surface area (Å²) in [4.78, 5) is 14.8. The van der Waals surface area contributed by atoms with Crippen molar-refractivity contribution in [1.82, 2.24) is 24.0 Å². The Hall–Kier alpha value is -2.69. The summed E-state index contributed by atoms with van der Waals surface area (Å²) in [6, 6.07) is 15.4. The first-order valence-corrected chi connectivity index (χ1v) is 13.6. The summed E-state index contributed by atoms with van der Waals surface area (Å²) in [6.45, 7) is 5.09. The molecular weight excluding hydrogens is 470 g/mol. The topological polar surface area (TPSA) is 88.4 Å². The quantitative estimate of drug-likeness (QED) is 0.465. The van der Waals surface area contributed by atoms with Gasteiger partial charge in [-0.25, -0.2) is 8.42 Å². The molecule has 3 aromatic rings. The van der Waals surface area contributed by atoms with E-state index in [1.807, 2.05) is 67.9 Å². The van der Waals surface area contributed by atoms with Crippen LogP contribution in [0.4, 0.5) is 0 Å². The number of sulfonamides is 1. The van der Waals surface area contributed by atoms with Gasteiger partial charge in [0.2, 0.25) is 15.9 Å². The number of aromatic nitrogens is 3. The molecule has 1 fully saturated rings. The first-order chi connectivity index (χ1) is 16.3. The normalized spacial score (nSPS) is 15.0. The van der Waals surface area contributed by atoms with E-state index in [0.29, 0.717) is 29.6 Å². The van der Waals surface area contributed by atoms with Gasteiger partial charge in [0.1, 0.15) is 5.82 Å². The third kappa shape index (κ3) is 5.34. The first kappa shape index (κ1) is 24.4. The van der Waals surface area contributed by atoms with Crippen molar-refractivity contribution >= 4 is 27.7 Å². The maximum atomic E-state index is 13.1. The van der Waals surface area contributed by atoms with Crippen LogP contribution in [0.2, 0.25) is 0 Å². The molecule has 1 aliphatic heterocycles. The molecule has 0 bridgehead atoms. The van der Waals surface area contributed by atoms with Crippen molar-refractivity contribution in [2.24, 2.45) is 7.05 Å². The zero-order chi connectivity index (χ0) is 24.3. The van der Waals surface area contributed by atoms with Crippen molar-refractivity contribution in [1.29, 1.82) is 0 Å². The van der Waals surface area contributed by atoms with Crippen molar-refractivity contribution in [3.05, 3.63) is 71.0 Å². The fourth-order valence-corrected chi connectivity index (χ4v) is 6.49. The Morgan fingerprint density at radius 2 is 1.71 bits per heavy atom. The van der Waals surface area contributed by atoms with E-state index in [1.54, 1.807) is 11.0 Å². The molecule has 34 heavy (non-hydrogen) atoms. The van der Waals surface area contributed by atoms with E-state index in [9.17, 15) is 13.2 Å². The maximum Gasteiger partial charge on any atom is 0.243 e. The third-order valence-electron chi connectivity index (χ3n) is 5.99. The average Bonchev–Trinajstić information content (AvgIpc) is 3.17. The lowest BCUT2D eigenvalue weighted by molar-refractivity contribution is -0.129. The lowest BCUT2D eigenvalue weighted by Gasteiger charge is -2.34. The van der Waals surface area contributed by atoms with Crippen LogP contribution >= 0.6 is 11.8 Å². The second kappa shape index (κ2) is 10.3. The molecule has 1 amide bonds. The molecule has 0 unspecified atom stereocenters. The number of aryl methyl sites for hydroxylation is 2.